The Morgan fingerprint density at radius 2 is 2.29 bits per heavy atom. The molecule has 0 saturated heterocycles. The summed E-state index contributed by atoms with van der Waals surface area (Å²) >= 11 is 0. The molecule has 2 aromatic rings. The van der Waals surface area contributed by atoms with Crippen molar-refractivity contribution in [3.63, 3.8) is 0 Å². The fourth-order valence-corrected chi connectivity index (χ4v) is 1.36. The first-order valence-electron chi connectivity index (χ1n) is 4.11. The third-order valence-electron chi connectivity index (χ3n) is 2.04. The van der Waals surface area contributed by atoms with Crippen molar-refractivity contribution in [3.05, 3.63) is 30.0 Å². The van der Waals surface area contributed by atoms with E-state index in [9.17, 15) is 9.90 Å². The predicted molar refractivity (Wildman–Crippen MR) is 51.3 cm³/mol. The molecular formula is C10H9NO3. The molecule has 0 radical (unpaired) electrons. The van der Waals surface area contributed by atoms with Gasteiger partial charge in [0.25, 0.3) is 0 Å². The standard InChI is InChI=1S/C10H9NO3/c1-14-10(13)7-5-6-3-2-4-8(12)9(6)11-7/h2-5,11-12H,1H3. The van der Waals surface area contributed by atoms with E-state index >= 15 is 0 Å². The number of hydrogen-bond donors (Lipinski definition) is 2. The minimum absolute atomic E-state index is 0.123. The quantitative estimate of drug-likeness (QED) is 0.674. The second-order valence-corrected chi connectivity index (χ2v) is 2.92. The molecule has 0 atom stereocenters. The van der Waals surface area contributed by atoms with Crippen LogP contribution in [0.3, 0.4) is 0 Å². The zero-order valence-corrected chi connectivity index (χ0v) is 7.57. The van der Waals surface area contributed by atoms with Gasteiger partial charge in [-0.15, -0.1) is 0 Å². The van der Waals surface area contributed by atoms with E-state index in [4.69, 9.17) is 0 Å². The van der Waals surface area contributed by atoms with Crippen LogP contribution in [0.5, 0.6) is 5.75 Å². The number of ether oxygens (including phenoxy) is 1. The minimum atomic E-state index is -0.444. The van der Waals surface area contributed by atoms with Gasteiger partial charge in [0, 0.05) is 5.39 Å². The van der Waals surface area contributed by atoms with Crippen LogP contribution in [0.4, 0.5) is 0 Å². The smallest absolute Gasteiger partial charge is 0.354 e. The van der Waals surface area contributed by atoms with Crippen LogP contribution in [0.2, 0.25) is 0 Å². The van der Waals surface area contributed by atoms with Crippen LogP contribution >= 0.6 is 0 Å². The van der Waals surface area contributed by atoms with Crippen LogP contribution in [0.1, 0.15) is 10.5 Å². The first-order chi connectivity index (χ1) is 6.72. The summed E-state index contributed by atoms with van der Waals surface area (Å²) in [5.74, 6) is -0.321. The zero-order chi connectivity index (χ0) is 10.1. The Morgan fingerprint density at radius 3 is 2.93 bits per heavy atom. The fourth-order valence-electron chi connectivity index (χ4n) is 1.36. The lowest BCUT2D eigenvalue weighted by Crippen LogP contribution is -2.00. The van der Waals surface area contributed by atoms with Crippen molar-refractivity contribution in [3.8, 4) is 5.75 Å². The second kappa shape index (κ2) is 3.06. The van der Waals surface area contributed by atoms with Gasteiger partial charge in [-0.3, -0.25) is 0 Å². The van der Waals surface area contributed by atoms with Crippen molar-refractivity contribution >= 4 is 16.9 Å². The highest BCUT2D eigenvalue weighted by Crippen LogP contribution is 2.24. The van der Waals surface area contributed by atoms with E-state index in [-0.39, 0.29) is 5.75 Å². The van der Waals surface area contributed by atoms with Crippen LogP contribution in [0.15, 0.2) is 24.3 Å². The molecule has 0 fully saturated rings. The van der Waals surface area contributed by atoms with Gasteiger partial charge in [-0.2, -0.15) is 0 Å². The highest BCUT2D eigenvalue weighted by atomic mass is 16.5. The number of nitrogens with one attached hydrogen (secondary N) is 1. The number of aromatic nitrogens is 1. The molecule has 0 bridgehead atoms. The number of aromatic hydroxyl groups is 1. The highest BCUT2D eigenvalue weighted by molar-refractivity contribution is 5.96. The fraction of sp³-hybridized carbons (Fsp3) is 0.100. The van der Waals surface area contributed by atoms with E-state index in [1.807, 2.05) is 0 Å². The van der Waals surface area contributed by atoms with Crippen molar-refractivity contribution in [1.29, 1.82) is 0 Å². The van der Waals surface area contributed by atoms with Crippen molar-refractivity contribution in [2.24, 2.45) is 0 Å². The van der Waals surface area contributed by atoms with E-state index in [2.05, 4.69) is 9.72 Å². The van der Waals surface area contributed by atoms with Gasteiger partial charge >= 0.3 is 5.97 Å². The molecule has 72 valence electrons. The van der Waals surface area contributed by atoms with Crippen molar-refractivity contribution in [2.45, 2.75) is 0 Å². The summed E-state index contributed by atoms with van der Waals surface area (Å²) in [4.78, 5) is 13.9. The Morgan fingerprint density at radius 1 is 1.50 bits per heavy atom. The van der Waals surface area contributed by atoms with Gasteiger partial charge in [-0.05, 0) is 12.1 Å². The van der Waals surface area contributed by atoms with E-state index in [0.29, 0.717) is 11.2 Å². The number of benzene rings is 1. The van der Waals surface area contributed by atoms with Crippen LogP contribution in [0, 0.1) is 0 Å². The molecule has 0 aliphatic heterocycles. The Labute approximate surface area is 80.1 Å². The van der Waals surface area contributed by atoms with E-state index < -0.39 is 5.97 Å². The molecule has 1 heterocycles. The Kier molecular flexibility index (Phi) is 1.89. The predicted octanol–water partition coefficient (Wildman–Crippen LogP) is 1.66. The number of aromatic amines is 1. The van der Waals surface area contributed by atoms with Crippen LogP contribution in [-0.4, -0.2) is 23.2 Å². The van der Waals surface area contributed by atoms with Crippen LogP contribution < -0.4 is 0 Å². The summed E-state index contributed by atoms with van der Waals surface area (Å²) in [6, 6.07) is 6.71. The number of phenols is 1. The number of carbonyl (C=O) groups is 1. The maximum atomic E-state index is 11.2. The Bertz CT molecular complexity index is 487. The van der Waals surface area contributed by atoms with Gasteiger partial charge < -0.3 is 14.8 Å². The lowest BCUT2D eigenvalue weighted by molar-refractivity contribution is 0.0595. The average Bonchev–Trinajstić information content (AvgIpc) is 2.62. The normalized spacial score (nSPS) is 10.4. The number of H-pyrrole nitrogens is 1. The third-order valence-corrected chi connectivity index (χ3v) is 2.04. The van der Waals surface area contributed by atoms with E-state index in [1.165, 1.54) is 7.11 Å². The third kappa shape index (κ3) is 1.21. The van der Waals surface area contributed by atoms with E-state index in [0.717, 1.165) is 5.39 Å². The summed E-state index contributed by atoms with van der Waals surface area (Å²) in [5, 5.41) is 10.2. The molecule has 4 nitrogen and oxygen atoms in total. The van der Waals surface area contributed by atoms with Gasteiger partial charge in [-0.1, -0.05) is 12.1 Å². The maximum Gasteiger partial charge on any atom is 0.354 e. The molecule has 0 aliphatic carbocycles. The second-order valence-electron chi connectivity index (χ2n) is 2.92. The summed E-state index contributed by atoms with van der Waals surface area (Å²) in [5.41, 5.74) is 0.886. The lowest BCUT2D eigenvalue weighted by Gasteiger charge is -1.93. The first-order valence-corrected chi connectivity index (χ1v) is 4.11. The molecular weight excluding hydrogens is 182 g/mol. The SMILES string of the molecule is COC(=O)c1cc2cccc(O)c2[nH]1. The summed E-state index contributed by atoms with van der Waals surface area (Å²) in [7, 11) is 1.31. The van der Waals surface area contributed by atoms with Gasteiger partial charge in [0.2, 0.25) is 0 Å². The molecule has 0 unspecified atom stereocenters. The first kappa shape index (κ1) is 8.62. The largest absolute Gasteiger partial charge is 0.506 e. The van der Waals surface area contributed by atoms with Crippen molar-refractivity contribution in [2.75, 3.05) is 7.11 Å². The van der Waals surface area contributed by atoms with E-state index in [1.54, 1.807) is 24.3 Å². The Balaban J connectivity index is 2.62. The van der Waals surface area contributed by atoms with Gasteiger partial charge in [0.1, 0.15) is 11.4 Å². The van der Waals surface area contributed by atoms with Crippen LogP contribution in [0.25, 0.3) is 10.9 Å². The molecule has 1 aromatic heterocycles. The molecule has 2 N–H and O–H groups in total. The average molecular weight is 191 g/mol. The Hall–Kier alpha value is -1.97. The topological polar surface area (TPSA) is 62.3 Å². The number of fused-ring (bicyclic) bond motifs is 1. The number of rotatable bonds is 1. The molecule has 0 saturated carbocycles. The number of phenolic OH excluding ortho intramolecular Hbond substituents is 1. The van der Waals surface area contributed by atoms with Crippen molar-refractivity contribution in [1.82, 2.24) is 4.98 Å². The molecule has 0 amide bonds. The van der Waals surface area contributed by atoms with Gasteiger partial charge in [0.05, 0.1) is 12.6 Å². The molecule has 14 heavy (non-hydrogen) atoms. The number of carbonyl (C=O) groups excluding carboxylic acids is 1. The summed E-state index contributed by atoms with van der Waals surface area (Å²) < 4.78 is 4.55. The number of methoxy groups -OCH3 is 1. The number of hydrogen-bond acceptors (Lipinski definition) is 3. The summed E-state index contributed by atoms with van der Waals surface area (Å²) in [6.45, 7) is 0. The molecule has 0 aliphatic rings. The molecule has 1 aromatic carbocycles. The minimum Gasteiger partial charge on any atom is -0.506 e. The molecule has 4 heteroatoms. The number of para-hydroxylation sites is 1. The zero-order valence-electron chi connectivity index (χ0n) is 7.57. The van der Waals surface area contributed by atoms with Gasteiger partial charge in [-0.25, -0.2) is 4.79 Å². The lowest BCUT2D eigenvalue weighted by atomic mass is 10.2. The maximum absolute atomic E-state index is 11.2. The monoisotopic (exact) mass is 191 g/mol. The molecule has 0 spiro atoms. The molecule has 2 rings (SSSR count). The number of esters is 1. The van der Waals surface area contributed by atoms with Crippen LogP contribution in [-0.2, 0) is 4.74 Å². The summed E-state index contributed by atoms with van der Waals surface area (Å²) in [6.07, 6.45) is 0. The highest BCUT2D eigenvalue weighted by Gasteiger charge is 2.10. The van der Waals surface area contributed by atoms with Gasteiger partial charge in [0.15, 0.2) is 0 Å². The van der Waals surface area contributed by atoms with Crippen molar-refractivity contribution < 1.29 is 14.6 Å².